The summed E-state index contributed by atoms with van der Waals surface area (Å²) >= 11 is 1.38. The molecular formula is C20H21N3O3S. The number of methoxy groups -OCH3 is 1. The van der Waals surface area contributed by atoms with Crippen LogP contribution in [0.5, 0.6) is 5.75 Å². The Morgan fingerprint density at radius 2 is 2.07 bits per heavy atom. The van der Waals surface area contributed by atoms with Crippen molar-refractivity contribution in [3.63, 3.8) is 0 Å². The molecule has 1 aromatic carbocycles. The average molecular weight is 383 g/mol. The molecule has 0 unspecified atom stereocenters. The van der Waals surface area contributed by atoms with E-state index in [9.17, 15) is 9.59 Å². The van der Waals surface area contributed by atoms with E-state index >= 15 is 0 Å². The molecule has 3 heterocycles. The fourth-order valence-corrected chi connectivity index (χ4v) is 4.34. The number of rotatable bonds is 4. The van der Waals surface area contributed by atoms with Crippen molar-refractivity contribution < 1.29 is 9.53 Å². The van der Waals surface area contributed by atoms with Crippen molar-refractivity contribution in [2.45, 2.75) is 19.3 Å². The second-order valence-corrected chi connectivity index (χ2v) is 7.66. The maximum Gasteiger partial charge on any atom is 0.271 e. The summed E-state index contributed by atoms with van der Waals surface area (Å²) in [6.07, 6.45) is 5.85. The second kappa shape index (κ2) is 7.52. The first kappa shape index (κ1) is 17.7. The fraction of sp³-hybridized carbons (Fsp3) is 0.350. The summed E-state index contributed by atoms with van der Waals surface area (Å²) in [4.78, 5) is 31.9. The van der Waals surface area contributed by atoms with E-state index in [0.717, 1.165) is 25.0 Å². The Kier molecular flexibility index (Phi) is 4.94. The number of ether oxygens (including phenoxy) is 1. The molecule has 2 aromatic heterocycles. The molecule has 0 atom stereocenters. The van der Waals surface area contributed by atoms with E-state index < -0.39 is 0 Å². The highest BCUT2D eigenvalue weighted by atomic mass is 32.1. The van der Waals surface area contributed by atoms with Crippen molar-refractivity contribution in [3.8, 4) is 5.75 Å². The number of carbonyl (C=O) groups is 1. The van der Waals surface area contributed by atoms with E-state index in [1.165, 1.54) is 27.5 Å². The molecule has 4 rings (SSSR count). The summed E-state index contributed by atoms with van der Waals surface area (Å²) in [5.41, 5.74) is 1.06. The summed E-state index contributed by atoms with van der Waals surface area (Å²) < 4.78 is 6.87. The smallest absolute Gasteiger partial charge is 0.271 e. The van der Waals surface area contributed by atoms with Gasteiger partial charge in [-0.15, -0.1) is 11.3 Å². The molecule has 1 fully saturated rings. The minimum atomic E-state index is -0.289. The number of hydrogen-bond donors (Lipinski definition) is 0. The molecule has 140 valence electrons. The van der Waals surface area contributed by atoms with Crippen molar-refractivity contribution in [2.75, 3.05) is 20.2 Å². The number of hydrogen-bond acceptors (Lipinski definition) is 5. The van der Waals surface area contributed by atoms with Gasteiger partial charge in [0, 0.05) is 30.9 Å². The zero-order valence-electron chi connectivity index (χ0n) is 15.1. The van der Waals surface area contributed by atoms with E-state index in [-0.39, 0.29) is 17.0 Å². The van der Waals surface area contributed by atoms with Crippen LogP contribution in [0.4, 0.5) is 0 Å². The highest BCUT2D eigenvalue weighted by molar-refractivity contribution is 7.15. The number of aromatic nitrogens is 2. The summed E-state index contributed by atoms with van der Waals surface area (Å²) in [5.74, 6) is 1.20. The van der Waals surface area contributed by atoms with E-state index in [1.807, 2.05) is 18.2 Å². The normalized spacial score (nSPS) is 15.2. The molecule has 27 heavy (non-hydrogen) atoms. The first-order chi connectivity index (χ1) is 13.2. The number of benzene rings is 1. The quantitative estimate of drug-likeness (QED) is 0.695. The van der Waals surface area contributed by atoms with Gasteiger partial charge in [0.1, 0.15) is 11.3 Å². The predicted molar refractivity (Wildman–Crippen MR) is 105 cm³/mol. The monoisotopic (exact) mass is 383 g/mol. The average Bonchev–Trinajstić information content (AvgIpc) is 3.19. The maximum atomic E-state index is 12.8. The van der Waals surface area contributed by atoms with Crippen molar-refractivity contribution in [1.82, 2.24) is 14.3 Å². The highest BCUT2D eigenvalue weighted by Gasteiger charge is 2.26. The Bertz CT molecular complexity index is 1020. The van der Waals surface area contributed by atoms with Crippen LogP contribution in [0, 0.1) is 5.92 Å². The van der Waals surface area contributed by atoms with Gasteiger partial charge >= 0.3 is 0 Å². The lowest BCUT2D eigenvalue weighted by molar-refractivity contribution is 0.0688. The van der Waals surface area contributed by atoms with Gasteiger partial charge in [-0.2, -0.15) is 0 Å². The Morgan fingerprint density at radius 3 is 2.85 bits per heavy atom. The molecule has 1 aliphatic heterocycles. The molecule has 0 saturated carbocycles. The van der Waals surface area contributed by atoms with Crippen LogP contribution in [0.25, 0.3) is 4.96 Å². The highest BCUT2D eigenvalue weighted by Crippen LogP contribution is 2.27. The molecule has 0 bridgehead atoms. The number of likely N-dealkylation sites (tertiary alicyclic amines) is 1. The van der Waals surface area contributed by atoms with Gasteiger partial charge in [-0.3, -0.25) is 14.0 Å². The molecule has 7 heteroatoms. The van der Waals surface area contributed by atoms with Crippen LogP contribution in [0.1, 0.15) is 28.8 Å². The van der Waals surface area contributed by atoms with Gasteiger partial charge in [-0.25, -0.2) is 4.98 Å². The summed E-state index contributed by atoms with van der Waals surface area (Å²) in [6.45, 7) is 1.31. The zero-order chi connectivity index (χ0) is 18.8. The topological polar surface area (TPSA) is 63.9 Å². The molecule has 1 aliphatic rings. The third-order valence-corrected chi connectivity index (χ3v) is 5.95. The summed E-state index contributed by atoms with van der Waals surface area (Å²) in [6, 6.07) is 8.08. The number of piperidine rings is 1. The molecule has 6 nitrogen and oxygen atoms in total. The number of fused-ring (bicyclic) bond motifs is 1. The standard InChI is InChI=1S/C20H21N3O3S/c1-26-17-5-3-2-4-15(17)12-14-6-8-22(9-7-14)18(24)16-13-21-20-23(19(16)25)10-11-27-20/h2-5,10-11,13-14H,6-9,12H2,1H3. The molecule has 0 N–H and O–H groups in total. The molecule has 0 aliphatic carbocycles. The lowest BCUT2D eigenvalue weighted by atomic mass is 9.89. The second-order valence-electron chi connectivity index (χ2n) is 6.78. The number of thiazole rings is 1. The molecule has 0 spiro atoms. The predicted octanol–water partition coefficient (Wildman–Crippen LogP) is 2.86. The van der Waals surface area contributed by atoms with E-state index in [1.54, 1.807) is 23.6 Å². The van der Waals surface area contributed by atoms with Gasteiger partial charge in [-0.1, -0.05) is 18.2 Å². The first-order valence-electron chi connectivity index (χ1n) is 9.03. The van der Waals surface area contributed by atoms with Crippen LogP contribution in [0.2, 0.25) is 0 Å². The van der Waals surface area contributed by atoms with Crippen LogP contribution in [0.3, 0.4) is 0 Å². The lowest BCUT2D eigenvalue weighted by Crippen LogP contribution is -2.41. The van der Waals surface area contributed by atoms with Crippen LogP contribution in [0.15, 0.2) is 46.8 Å². The summed E-state index contributed by atoms with van der Waals surface area (Å²) in [5, 5.41) is 1.79. The minimum Gasteiger partial charge on any atom is -0.496 e. The first-order valence-corrected chi connectivity index (χ1v) is 9.91. The van der Waals surface area contributed by atoms with Crippen molar-refractivity contribution in [2.24, 2.45) is 5.92 Å². The largest absolute Gasteiger partial charge is 0.496 e. The SMILES string of the molecule is COc1ccccc1CC1CCN(C(=O)c2cnc3sccn3c2=O)CC1. The molecule has 3 aromatic rings. The number of nitrogens with zero attached hydrogens (tertiary/aromatic N) is 3. The van der Waals surface area contributed by atoms with Crippen LogP contribution in [-0.2, 0) is 6.42 Å². The van der Waals surface area contributed by atoms with E-state index in [4.69, 9.17) is 4.74 Å². The van der Waals surface area contributed by atoms with E-state index in [0.29, 0.717) is 24.0 Å². The van der Waals surface area contributed by atoms with Crippen LogP contribution >= 0.6 is 11.3 Å². The Labute approximate surface area is 161 Å². The van der Waals surface area contributed by atoms with Crippen molar-refractivity contribution in [3.05, 3.63) is 63.5 Å². The van der Waals surface area contributed by atoms with Gasteiger partial charge in [0.05, 0.1) is 7.11 Å². The molecule has 1 amide bonds. The van der Waals surface area contributed by atoms with E-state index in [2.05, 4.69) is 11.1 Å². The number of amides is 1. The number of carbonyl (C=O) groups excluding carboxylic acids is 1. The van der Waals surface area contributed by atoms with Crippen LogP contribution in [-0.4, -0.2) is 40.4 Å². The lowest BCUT2D eigenvalue weighted by Gasteiger charge is -2.32. The molecule has 1 saturated heterocycles. The minimum absolute atomic E-state index is 0.147. The van der Waals surface area contributed by atoms with Gasteiger partial charge in [0.25, 0.3) is 11.5 Å². The fourth-order valence-electron chi connectivity index (χ4n) is 3.66. The summed E-state index contributed by atoms with van der Waals surface area (Å²) in [7, 11) is 1.69. The van der Waals surface area contributed by atoms with Gasteiger partial charge < -0.3 is 9.64 Å². The van der Waals surface area contributed by atoms with Gasteiger partial charge in [-0.05, 0) is 36.8 Å². The zero-order valence-corrected chi connectivity index (χ0v) is 15.9. The Hall–Kier alpha value is -2.67. The Morgan fingerprint density at radius 1 is 1.30 bits per heavy atom. The van der Waals surface area contributed by atoms with Crippen LogP contribution < -0.4 is 10.3 Å². The maximum absolute atomic E-state index is 12.8. The number of para-hydroxylation sites is 1. The third kappa shape index (κ3) is 3.47. The molecular weight excluding hydrogens is 362 g/mol. The van der Waals surface area contributed by atoms with Gasteiger partial charge in [0.2, 0.25) is 0 Å². The van der Waals surface area contributed by atoms with Gasteiger partial charge in [0.15, 0.2) is 4.96 Å². The molecule has 0 radical (unpaired) electrons. The third-order valence-electron chi connectivity index (χ3n) is 5.18. The van der Waals surface area contributed by atoms with Crippen molar-refractivity contribution >= 4 is 22.2 Å². The van der Waals surface area contributed by atoms with Crippen molar-refractivity contribution in [1.29, 1.82) is 0 Å². The Balaban J connectivity index is 1.43.